The molecule has 1 amide bonds. The molecule has 1 saturated carbocycles. The lowest BCUT2D eigenvalue weighted by atomic mass is 10.1. The lowest BCUT2D eigenvalue weighted by Crippen LogP contribution is -2.11. The van der Waals surface area contributed by atoms with E-state index in [4.69, 9.17) is 5.26 Å². The van der Waals surface area contributed by atoms with E-state index in [1.54, 1.807) is 24.3 Å². The molecule has 1 fully saturated rings. The van der Waals surface area contributed by atoms with Gasteiger partial charge in [-0.25, -0.2) is 4.68 Å². The Morgan fingerprint density at radius 1 is 1.12 bits per heavy atom. The van der Waals surface area contributed by atoms with Gasteiger partial charge in [-0.15, -0.1) is 5.10 Å². The lowest BCUT2D eigenvalue weighted by Gasteiger charge is -2.07. The SMILES string of the molecule is N#Cc1ccc(C(=O)Nc2ccc(-c3nnnn3C3CC3)cc2)cc1. The van der Waals surface area contributed by atoms with Gasteiger partial charge in [-0.05, 0) is 71.8 Å². The van der Waals surface area contributed by atoms with Gasteiger partial charge in [-0.3, -0.25) is 4.79 Å². The average molecular weight is 330 g/mol. The third-order valence-electron chi connectivity index (χ3n) is 4.06. The Hall–Kier alpha value is -3.53. The molecule has 1 aliphatic carbocycles. The smallest absolute Gasteiger partial charge is 0.255 e. The van der Waals surface area contributed by atoms with Crippen LogP contribution in [0, 0.1) is 11.3 Å². The van der Waals surface area contributed by atoms with Crippen molar-refractivity contribution < 1.29 is 4.79 Å². The Morgan fingerprint density at radius 2 is 1.84 bits per heavy atom. The number of nitrogens with zero attached hydrogens (tertiary/aromatic N) is 5. The zero-order valence-corrected chi connectivity index (χ0v) is 13.3. The first kappa shape index (κ1) is 15.0. The van der Waals surface area contributed by atoms with E-state index >= 15 is 0 Å². The van der Waals surface area contributed by atoms with E-state index in [-0.39, 0.29) is 5.91 Å². The van der Waals surface area contributed by atoms with Crippen molar-refractivity contribution in [1.29, 1.82) is 5.26 Å². The molecule has 1 aromatic heterocycles. The second-order valence-corrected chi connectivity index (χ2v) is 5.90. The number of aromatic nitrogens is 4. The third-order valence-corrected chi connectivity index (χ3v) is 4.06. The van der Waals surface area contributed by atoms with Crippen LogP contribution >= 0.6 is 0 Å². The van der Waals surface area contributed by atoms with Crippen LogP contribution < -0.4 is 5.32 Å². The molecule has 0 atom stereocenters. The summed E-state index contributed by atoms with van der Waals surface area (Å²) in [5.41, 5.74) is 2.62. The lowest BCUT2D eigenvalue weighted by molar-refractivity contribution is 0.102. The summed E-state index contributed by atoms with van der Waals surface area (Å²) in [6, 6.07) is 16.4. The Labute approximate surface area is 143 Å². The molecule has 4 rings (SSSR count). The van der Waals surface area contributed by atoms with Crippen LogP contribution in [0.4, 0.5) is 5.69 Å². The quantitative estimate of drug-likeness (QED) is 0.793. The Kier molecular flexibility index (Phi) is 3.71. The van der Waals surface area contributed by atoms with Gasteiger partial charge in [0.2, 0.25) is 0 Å². The molecule has 1 heterocycles. The number of amides is 1. The van der Waals surface area contributed by atoms with E-state index in [2.05, 4.69) is 20.8 Å². The number of carbonyl (C=O) groups is 1. The maximum atomic E-state index is 12.2. The molecule has 0 spiro atoms. The molecule has 0 aliphatic heterocycles. The van der Waals surface area contributed by atoms with Gasteiger partial charge >= 0.3 is 0 Å². The normalized spacial score (nSPS) is 13.2. The molecule has 122 valence electrons. The first-order valence-corrected chi connectivity index (χ1v) is 7.94. The topological polar surface area (TPSA) is 96.5 Å². The highest BCUT2D eigenvalue weighted by atomic mass is 16.1. The van der Waals surface area contributed by atoms with Gasteiger partial charge < -0.3 is 5.32 Å². The zero-order chi connectivity index (χ0) is 17.2. The molecule has 0 bridgehead atoms. The fourth-order valence-corrected chi connectivity index (χ4v) is 2.55. The average Bonchev–Trinajstić information content (AvgIpc) is 3.39. The molecular weight excluding hydrogens is 316 g/mol. The molecule has 1 aliphatic rings. The number of nitriles is 1. The third kappa shape index (κ3) is 3.10. The number of rotatable bonds is 4. The maximum Gasteiger partial charge on any atom is 0.255 e. The fourth-order valence-electron chi connectivity index (χ4n) is 2.55. The van der Waals surface area contributed by atoms with Crippen LogP contribution in [0.3, 0.4) is 0 Å². The Balaban J connectivity index is 1.49. The van der Waals surface area contributed by atoms with Crippen molar-refractivity contribution in [3.8, 4) is 17.5 Å². The minimum Gasteiger partial charge on any atom is -0.322 e. The summed E-state index contributed by atoms with van der Waals surface area (Å²) < 4.78 is 1.85. The Morgan fingerprint density at radius 3 is 2.48 bits per heavy atom. The van der Waals surface area contributed by atoms with Gasteiger partial charge in [0.15, 0.2) is 5.82 Å². The summed E-state index contributed by atoms with van der Waals surface area (Å²) in [4.78, 5) is 12.2. The van der Waals surface area contributed by atoms with E-state index in [9.17, 15) is 4.79 Å². The van der Waals surface area contributed by atoms with Gasteiger partial charge in [0.25, 0.3) is 5.91 Å². The van der Waals surface area contributed by atoms with E-state index in [0.717, 1.165) is 24.2 Å². The molecule has 0 radical (unpaired) electrons. The monoisotopic (exact) mass is 330 g/mol. The van der Waals surface area contributed by atoms with Crippen LogP contribution in [-0.2, 0) is 0 Å². The minimum atomic E-state index is -0.222. The van der Waals surface area contributed by atoms with E-state index in [1.807, 2.05) is 35.0 Å². The van der Waals surface area contributed by atoms with Crippen molar-refractivity contribution in [2.45, 2.75) is 18.9 Å². The van der Waals surface area contributed by atoms with Crippen LogP contribution in [0.5, 0.6) is 0 Å². The zero-order valence-electron chi connectivity index (χ0n) is 13.3. The van der Waals surface area contributed by atoms with Crippen molar-refractivity contribution in [1.82, 2.24) is 20.2 Å². The van der Waals surface area contributed by atoms with E-state index in [1.165, 1.54) is 0 Å². The highest BCUT2D eigenvalue weighted by Gasteiger charge is 2.28. The summed E-state index contributed by atoms with van der Waals surface area (Å²) in [5, 5.41) is 23.5. The van der Waals surface area contributed by atoms with Crippen LogP contribution in [0.25, 0.3) is 11.4 Å². The molecule has 0 saturated heterocycles. The van der Waals surface area contributed by atoms with Crippen LogP contribution in [-0.4, -0.2) is 26.1 Å². The Bertz CT molecular complexity index is 948. The standard InChI is InChI=1S/C18H14N6O/c19-11-12-1-3-14(4-2-12)18(25)20-15-7-5-13(6-8-15)17-21-22-23-24(17)16-9-10-16/h1-8,16H,9-10H2,(H,20,25). The van der Waals surface area contributed by atoms with E-state index < -0.39 is 0 Å². The number of benzene rings is 2. The van der Waals surface area contributed by atoms with Crippen LogP contribution in [0.2, 0.25) is 0 Å². The van der Waals surface area contributed by atoms with Gasteiger partial charge in [0, 0.05) is 16.8 Å². The van der Waals surface area contributed by atoms with Crippen molar-refractivity contribution in [2.75, 3.05) is 5.32 Å². The van der Waals surface area contributed by atoms with Crippen molar-refractivity contribution >= 4 is 11.6 Å². The highest BCUT2D eigenvalue weighted by molar-refractivity contribution is 6.04. The van der Waals surface area contributed by atoms with Gasteiger partial charge in [-0.2, -0.15) is 5.26 Å². The molecule has 3 aromatic rings. The first-order valence-electron chi connectivity index (χ1n) is 7.94. The number of nitrogens with one attached hydrogen (secondary N) is 1. The number of hydrogen-bond donors (Lipinski definition) is 1. The van der Waals surface area contributed by atoms with Crippen molar-refractivity contribution in [2.24, 2.45) is 0 Å². The number of carbonyl (C=O) groups excluding carboxylic acids is 1. The molecular formula is C18H14N6O. The fraction of sp³-hybridized carbons (Fsp3) is 0.167. The molecule has 7 nitrogen and oxygen atoms in total. The van der Waals surface area contributed by atoms with Crippen LogP contribution in [0.15, 0.2) is 48.5 Å². The molecule has 2 aromatic carbocycles. The first-order chi connectivity index (χ1) is 12.2. The molecule has 0 unspecified atom stereocenters. The predicted molar refractivity (Wildman–Crippen MR) is 90.6 cm³/mol. The van der Waals surface area contributed by atoms with Gasteiger partial charge in [0.1, 0.15) is 0 Å². The summed E-state index contributed by atoms with van der Waals surface area (Å²) >= 11 is 0. The second kappa shape index (κ2) is 6.17. The minimum absolute atomic E-state index is 0.222. The van der Waals surface area contributed by atoms with Crippen LogP contribution in [0.1, 0.15) is 34.8 Å². The van der Waals surface area contributed by atoms with Crippen molar-refractivity contribution in [3.05, 3.63) is 59.7 Å². The second-order valence-electron chi connectivity index (χ2n) is 5.90. The number of tetrazole rings is 1. The van der Waals surface area contributed by atoms with E-state index in [0.29, 0.717) is 22.9 Å². The molecule has 7 heteroatoms. The predicted octanol–water partition coefficient (Wildman–Crippen LogP) is 2.80. The van der Waals surface area contributed by atoms with Gasteiger partial charge in [0.05, 0.1) is 17.7 Å². The summed E-state index contributed by atoms with van der Waals surface area (Å²) in [6.45, 7) is 0. The van der Waals surface area contributed by atoms with Gasteiger partial charge in [-0.1, -0.05) is 0 Å². The molecule has 25 heavy (non-hydrogen) atoms. The largest absolute Gasteiger partial charge is 0.322 e. The van der Waals surface area contributed by atoms with Crippen molar-refractivity contribution in [3.63, 3.8) is 0 Å². The number of hydrogen-bond acceptors (Lipinski definition) is 5. The molecule has 1 N–H and O–H groups in total. The number of anilines is 1. The summed E-state index contributed by atoms with van der Waals surface area (Å²) in [5.74, 6) is 0.521. The highest BCUT2D eigenvalue weighted by Crippen LogP contribution is 2.36. The summed E-state index contributed by atoms with van der Waals surface area (Å²) in [6.07, 6.45) is 2.22. The maximum absolute atomic E-state index is 12.2. The summed E-state index contributed by atoms with van der Waals surface area (Å²) in [7, 11) is 0.